The normalized spacial score (nSPS) is 10.8. The van der Waals surface area contributed by atoms with Crippen LogP contribution in [0.3, 0.4) is 0 Å². The van der Waals surface area contributed by atoms with Crippen LogP contribution in [0.25, 0.3) is 0 Å². The van der Waals surface area contributed by atoms with Crippen molar-refractivity contribution in [2.45, 2.75) is 32.5 Å². The molecule has 26 heavy (non-hydrogen) atoms. The number of hydrogen-bond donors (Lipinski definition) is 1. The summed E-state index contributed by atoms with van der Waals surface area (Å²) in [5.74, 6) is 1.12. The highest BCUT2D eigenvalue weighted by molar-refractivity contribution is 7.99. The fourth-order valence-electron chi connectivity index (χ4n) is 2.43. The van der Waals surface area contributed by atoms with Gasteiger partial charge in [0.2, 0.25) is 5.91 Å². The van der Waals surface area contributed by atoms with Gasteiger partial charge in [0.05, 0.1) is 24.6 Å². The van der Waals surface area contributed by atoms with Gasteiger partial charge < -0.3 is 19.4 Å². The van der Waals surface area contributed by atoms with Gasteiger partial charge in [0.1, 0.15) is 12.4 Å². The third-order valence-corrected chi connectivity index (χ3v) is 4.93. The minimum Gasteiger partial charge on any atom is -0.492 e. The van der Waals surface area contributed by atoms with Gasteiger partial charge in [-0.15, -0.1) is 0 Å². The predicted octanol–water partition coefficient (Wildman–Crippen LogP) is 2.74. The monoisotopic (exact) mass is 377 g/mol. The van der Waals surface area contributed by atoms with Gasteiger partial charge in [-0.05, 0) is 38.5 Å². The van der Waals surface area contributed by atoms with E-state index < -0.39 is 0 Å². The van der Waals surface area contributed by atoms with Crippen molar-refractivity contribution >= 4 is 17.7 Å². The number of carbonyl (C=O) groups is 1. The summed E-state index contributed by atoms with van der Waals surface area (Å²) in [6, 6.07) is 7.86. The van der Waals surface area contributed by atoms with Gasteiger partial charge in [0.25, 0.3) is 0 Å². The molecule has 0 radical (unpaired) electrons. The van der Waals surface area contributed by atoms with Crippen LogP contribution in [-0.2, 0) is 16.1 Å². The number of nitrogens with zero attached hydrogens (tertiary/aromatic N) is 2. The summed E-state index contributed by atoms with van der Waals surface area (Å²) in [5.41, 5.74) is 3.24. The summed E-state index contributed by atoms with van der Waals surface area (Å²) >= 11 is 1.44. The lowest BCUT2D eigenvalue weighted by atomic mass is 10.2. The van der Waals surface area contributed by atoms with Crippen LogP contribution in [0.1, 0.15) is 17.0 Å². The number of thioether (sulfide) groups is 1. The molecule has 0 aliphatic rings. The summed E-state index contributed by atoms with van der Waals surface area (Å²) in [5, 5.41) is 3.73. The van der Waals surface area contributed by atoms with Crippen LogP contribution < -0.4 is 10.1 Å². The third kappa shape index (κ3) is 6.07. The highest BCUT2D eigenvalue weighted by Crippen LogP contribution is 2.21. The minimum absolute atomic E-state index is 0.0283. The molecule has 6 nitrogen and oxygen atoms in total. The van der Waals surface area contributed by atoms with Crippen LogP contribution in [0.4, 0.5) is 0 Å². The van der Waals surface area contributed by atoms with Gasteiger partial charge in [-0.3, -0.25) is 4.79 Å². The van der Waals surface area contributed by atoms with Crippen LogP contribution in [0.15, 0.2) is 29.4 Å². The highest BCUT2D eigenvalue weighted by atomic mass is 32.2. The molecule has 1 heterocycles. The number of hydrogen-bond acceptors (Lipinski definition) is 5. The van der Waals surface area contributed by atoms with E-state index in [1.165, 1.54) is 11.8 Å². The molecule has 0 bridgehead atoms. The number of aromatic nitrogens is 2. The molecule has 0 saturated heterocycles. The quantitative estimate of drug-likeness (QED) is 0.509. The number of aryl methyl sites for hydroxylation is 2. The van der Waals surface area contributed by atoms with Crippen LogP contribution >= 0.6 is 11.8 Å². The van der Waals surface area contributed by atoms with E-state index in [1.54, 1.807) is 7.11 Å². The smallest absolute Gasteiger partial charge is 0.230 e. The number of carbonyl (C=O) groups excluding carboxylic acids is 1. The van der Waals surface area contributed by atoms with Crippen molar-refractivity contribution in [3.05, 3.63) is 41.2 Å². The summed E-state index contributed by atoms with van der Waals surface area (Å²) in [4.78, 5) is 16.6. The van der Waals surface area contributed by atoms with E-state index >= 15 is 0 Å². The Bertz CT molecular complexity index is 731. The molecule has 1 aromatic carbocycles. The summed E-state index contributed by atoms with van der Waals surface area (Å²) in [7, 11) is 1.68. The molecule has 1 amide bonds. The third-order valence-electron chi connectivity index (χ3n) is 3.96. The Morgan fingerprint density at radius 1 is 1.27 bits per heavy atom. The number of methoxy groups -OCH3 is 1. The van der Waals surface area contributed by atoms with Gasteiger partial charge in [0, 0.05) is 19.3 Å². The maximum absolute atomic E-state index is 12.0. The Labute approximate surface area is 159 Å². The molecule has 2 aromatic rings. The zero-order valence-corrected chi connectivity index (χ0v) is 16.7. The largest absolute Gasteiger partial charge is 0.492 e. The number of amides is 1. The molecule has 1 N–H and O–H groups in total. The molecule has 0 saturated carbocycles. The topological polar surface area (TPSA) is 65.4 Å². The highest BCUT2D eigenvalue weighted by Gasteiger charge is 2.13. The van der Waals surface area contributed by atoms with E-state index in [9.17, 15) is 4.79 Å². The molecule has 0 unspecified atom stereocenters. The fourth-order valence-corrected chi connectivity index (χ4v) is 3.37. The zero-order chi connectivity index (χ0) is 18.9. The second-order valence-electron chi connectivity index (χ2n) is 6.01. The number of benzene rings is 1. The Hall–Kier alpha value is -1.99. The van der Waals surface area contributed by atoms with Crippen molar-refractivity contribution in [2.24, 2.45) is 0 Å². The first-order valence-electron chi connectivity index (χ1n) is 8.63. The molecule has 7 heteroatoms. The van der Waals surface area contributed by atoms with Crippen LogP contribution in [0.5, 0.6) is 5.75 Å². The second kappa shape index (κ2) is 10.2. The Balaban J connectivity index is 1.74. The standard InChI is InChI=1S/C19H27N3O3S/c1-14-6-5-7-17(12-14)25-10-8-20-18(23)13-26-19-21-15(2)16(3)22(19)9-11-24-4/h5-7,12H,8-11,13H2,1-4H3,(H,20,23). The van der Waals surface area contributed by atoms with Crippen molar-refractivity contribution in [2.75, 3.05) is 32.6 Å². The van der Waals surface area contributed by atoms with Crippen molar-refractivity contribution in [3.63, 3.8) is 0 Å². The first kappa shape index (κ1) is 20.3. The molecular weight excluding hydrogens is 350 g/mol. The number of nitrogens with one attached hydrogen (secondary N) is 1. The lowest BCUT2D eigenvalue weighted by Crippen LogP contribution is -2.29. The van der Waals surface area contributed by atoms with Crippen molar-refractivity contribution in [1.82, 2.24) is 14.9 Å². The van der Waals surface area contributed by atoms with Crippen molar-refractivity contribution < 1.29 is 14.3 Å². The Kier molecular flexibility index (Phi) is 8.00. The molecule has 2 rings (SSSR count). The van der Waals surface area contributed by atoms with Crippen LogP contribution in [0.2, 0.25) is 0 Å². The van der Waals surface area contributed by atoms with Gasteiger partial charge in [-0.2, -0.15) is 0 Å². The summed E-state index contributed by atoms with van der Waals surface area (Å²) in [6.45, 7) is 8.30. The molecule has 0 aliphatic heterocycles. The Morgan fingerprint density at radius 3 is 2.81 bits per heavy atom. The SMILES string of the molecule is COCCn1c(SCC(=O)NCCOc2cccc(C)c2)nc(C)c1C. The molecule has 0 spiro atoms. The van der Waals surface area contributed by atoms with E-state index in [2.05, 4.69) is 14.9 Å². The maximum Gasteiger partial charge on any atom is 0.230 e. The molecule has 0 aliphatic carbocycles. The van der Waals surface area contributed by atoms with E-state index in [1.807, 2.05) is 45.0 Å². The van der Waals surface area contributed by atoms with E-state index in [0.29, 0.717) is 25.5 Å². The average Bonchev–Trinajstić information content (AvgIpc) is 2.89. The van der Waals surface area contributed by atoms with Crippen LogP contribution in [-0.4, -0.2) is 48.1 Å². The summed E-state index contributed by atoms with van der Waals surface area (Å²) in [6.07, 6.45) is 0. The second-order valence-corrected chi connectivity index (χ2v) is 6.96. The van der Waals surface area contributed by atoms with E-state index in [0.717, 1.165) is 34.4 Å². The Morgan fingerprint density at radius 2 is 2.08 bits per heavy atom. The van der Waals surface area contributed by atoms with Crippen LogP contribution in [0, 0.1) is 20.8 Å². The molecule has 1 aromatic heterocycles. The number of imidazole rings is 1. The maximum atomic E-state index is 12.0. The number of rotatable bonds is 10. The van der Waals surface area contributed by atoms with E-state index in [-0.39, 0.29) is 5.91 Å². The van der Waals surface area contributed by atoms with Crippen molar-refractivity contribution in [3.8, 4) is 5.75 Å². The summed E-state index contributed by atoms with van der Waals surface area (Å²) < 4.78 is 12.9. The lowest BCUT2D eigenvalue weighted by molar-refractivity contribution is -0.118. The lowest BCUT2D eigenvalue weighted by Gasteiger charge is -2.10. The van der Waals surface area contributed by atoms with Crippen molar-refractivity contribution in [1.29, 1.82) is 0 Å². The van der Waals surface area contributed by atoms with Gasteiger partial charge in [-0.1, -0.05) is 23.9 Å². The number of ether oxygens (including phenoxy) is 2. The predicted molar refractivity (Wildman–Crippen MR) is 104 cm³/mol. The first-order chi connectivity index (χ1) is 12.5. The van der Waals surface area contributed by atoms with Gasteiger partial charge >= 0.3 is 0 Å². The minimum atomic E-state index is -0.0283. The first-order valence-corrected chi connectivity index (χ1v) is 9.61. The molecule has 0 atom stereocenters. The molecular formula is C19H27N3O3S. The fraction of sp³-hybridized carbons (Fsp3) is 0.474. The van der Waals surface area contributed by atoms with E-state index in [4.69, 9.17) is 9.47 Å². The molecule has 0 fully saturated rings. The average molecular weight is 378 g/mol. The van der Waals surface area contributed by atoms with Gasteiger partial charge in [0.15, 0.2) is 5.16 Å². The zero-order valence-electron chi connectivity index (χ0n) is 15.9. The molecule has 142 valence electrons. The van der Waals surface area contributed by atoms with Gasteiger partial charge in [-0.25, -0.2) is 4.98 Å².